The van der Waals surface area contributed by atoms with E-state index in [9.17, 15) is 0 Å². The van der Waals surface area contributed by atoms with Crippen molar-refractivity contribution in [2.24, 2.45) is 0 Å². The van der Waals surface area contributed by atoms with E-state index in [0.717, 1.165) is 5.02 Å². The van der Waals surface area contributed by atoms with Crippen molar-refractivity contribution in [3.05, 3.63) is 41.4 Å². The van der Waals surface area contributed by atoms with Gasteiger partial charge in [0, 0.05) is 23.8 Å². The largest absolute Gasteiger partial charge is 0.371 e. The summed E-state index contributed by atoms with van der Waals surface area (Å²) in [6, 6.07) is 13.4. The summed E-state index contributed by atoms with van der Waals surface area (Å²) < 4.78 is 0. The lowest BCUT2D eigenvalue weighted by molar-refractivity contribution is 0.253. The molecule has 1 saturated heterocycles. The molecule has 3 rings (SSSR count). The fraction of sp³-hybridized carbons (Fsp3) is 0.412. The van der Waals surface area contributed by atoms with Gasteiger partial charge in [0.1, 0.15) is 0 Å². The van der Waals surface area contributed by atoms with Gasteiger partial charge in [-0.15, -0.1) is 0 Å². The summed E-state index contributed by atoms with van der Waals surface area (Å²) in [5.74, 6) is 0. The number of rotatable bonds is 2. The zero-order chi connectivity index (χ0) is 14.1. The third-order valence-electron chi connectivity index (χ3n) is 4.43. The number of benzene rings is 2. The summed E-state index contributed by atoms with van der Waals surface area (Å²) in [6.07, 6.45) is 2.48. The monoisotopic (exact) mass is 288 g/mol. The van der Waals surface area contributed by atoms with Gasteiger partial charge in [0.15, 0.2) is 0 Å². The van der Waals surface area contributed by atoms with Crippen LogP contribution in [-0.4, -0.2) is 38.1 Å². The van der Waals surface area contributed by atoms with Gasteiger partial charge in [0.05, 0.1) is 0 Å². The smallest absolute Gasteiger partial charge is 0.0412 e. The van der Waals surface area contributed by atoms with Gasteiger partial charge in [-0.05, 0) is 68.0 Å². The molecule has 1 fully saturated rings. The molecule has 2 aromatic carbocycles. The fourth-order valence-electron chi connectivity index (χ4n) is 3.02. The van der Waals surface area contributed by atoms with Crippen molar-refractivity contribution in [1.82, 2.24) is 4.90 Å². The lowest BCUT2D eigenvalue weighted by atomic mass is 10.0. The standard InChI is InChI=1S/C17H21ClN2/c1-19-9-7-16(8-10-19)20(2)17-6-4-13-11-15(18)5-3-14(13)12-17/h3-6,11-12,16H,7-10H2,1-2H3. The summed E-state index contributed by atoms with van der Waals surface area (Å²) >= 11 is 6.04. The van der Waals surface area contributed by atoms with Crippen LogP contribution in [0.5, 0.6) is 0 Å². The molecule has 106 valence electrons. The van der Waals surface area contributed by atoms with Crippen molar-refractivity contribution >= 4 is 28.1 Å². The Morgan fingerprint density at radius 3 is 2.45 bits per heavy atom. The van der Waals surface area contributed by atoms with E-state index in [-0.39, 0.29) is 0 Å². The zero-order valence-electron chi connectivity index (χ0n) is 12.1. The Bertz CT molecular complexity index is 603. The van der Waals surface area contributed by atoms with Gasteiger partial charge in [-0.3, -0.25) is 0 Å². The Morgan fingerprint density at radius 2 is 1.70 bits per heavy atom. The number of halogens is 1. The van der Waals surface area contributed by atoms with Crippen molar-refractivity contribution in [3.63, 3.8) is 0 Å². The van der Waals surface area contributed by atoms with Gasteiger partial charge in [0.25, 0.3) is 0 Å². The molecular formula is C17H21ClN2. The Kier molecular flexibility index (Phi) is 3.86. The first-order chi connectivity index (χ1) is 9.63. The number of anilines is 1. The maximum absolute atomic E-state index is 6.04. The summed E-state index contributed by atoms with van der Waals surface area (Å²) in [6.45, 7) is 2.39. The molecule has 0 radical (unpaired) electrons. The molecule has 3 heteroatoms. The molecule has 2 aromatic rings. The number of hydrogen-bond donors (Lipinski definition) is 0. The zero-order valence-corrected chi connectivity index (χ0v) is 12.9. The van der Waals surface area contributed by atoms with Gasteiger partial charge in [-0.25, -0.2) is 0 Å². The Labute approximate surface area is 125 Å². The maximum atomic E-state index is 6.04. The van der Waals surface area contributed by atoms with Gasteiger partial charge in [0.2, 0.25) is 0 Å². The first kappa shape index (κ1) is 13.7. The third kappa shape index (κ3) is 2.77. The lowest BCUT2D eigenvalue weighted by Gasteiger charge is -2.36. The van der Waals surface area contributed by atoms with E-state index < -0.39 is 0 Å². The minimum absolute atomic E-state index is 0.649. The van der Waals surface area contributed by atoms with Gasteiger partial charge in [-0.2, -0.15) is 0 Å². The molecule has 0 bridgehead atoms. The number of likely N-dealkylation sites (tertiary alicyclic amines) is 1. The van der Waals surface area contributed by atoms with E-state index in [1.807, 2.05) is 12.1 Å². The average Bonchev–Trinajstić information content (AvgIpc) is 2.47. The SMILES string of the molecule is CN1CCC(N(C)c2ccc3cc(Cl)ccc3c2)CC1. The summed E-state index contributed by atoms with van der Waals surface area (Å²) in [7, 11) is 4.42. The first-order valence-electron chi connectivity index (χ1n) is 7.24. The number of piperidine rings is 1. The Hall–Kier alpha value is -1.25. The van der Waals surface area contributed by atoms with Gasteiger partial charge in [-0.1, -0.05) is 23.7 Å². The normalized spacial score (nSPS) is 17.6. The average molecular weight is 289 g/mol. The quantitative estimate of drug-likeness (QED) is 0.823. The van der Waals surface area contributed by atoms with E-state index in [0.29, 0.717) is 6.04 Å². The molecule has 0 aliphatic carbocycles. The molecule has 20 heavy (non-hydrogen) atoms. The second-order valence-electron chi connectivity index (χ2n) is 5.82. The van der Waals surface area contributed by atoms with E-state index in [1.54, 1.807) is 0 Å². The van der Waals surface area contributed by atoms with Gasteiger partial charge >= 0.3 is 0 Å². The third-order valence-corrected chi connectivity index (χ3v) is 4.66. The molecule has 0 amide bonds. The molecule has 0 spiro atoms. The highest BCUT2D eigenvalue weighted by Crippen LogP contribution is 2.27. The molecule has 0 saturated carbocycles. The minimum Gasteiger partial charge on any atom is -0.371 e. The molecular weight excluding hydrogens is 268 g/mol. The lowest BCUT2D eigenvalue weighted by Crippen LogP contribution is -2.41. The Balaban J connectivity index is 1.84. The second kappa shape index (κ2) is 5.63. The second-order valence-corrected chi connectivity index (χ2v) is 6.26. The number of fused-ring (bicyclic) bond motifs is 1. The van der Waals surface area contributed by atoms with Crippen molar-refractivity contribution < 1.29 is 0 Å². The molecule has 1 aliphatic heterocycles. The molecule has 0 aromatic heterocycles. The molecule has 1 aliphatic rings. The van der Waals surface area contributed by atoms with Crippen molar-refractivity contribution in [2.45, 2.75) is 18.9 Å². The first-order valence-corrected chi connectivity index (χ1v) is 7.62. The maximum Gasteiger partial charge on any atom is 0.0412 e. The summed E-state index contributed by atoms with van der Waals surface area (Å²) in [5, 5.41) is 3.26. The number of nitrogens with zero attached hydrogens (tertiary/aromatic N) is 2. The Morgan fingerprint density at radius 1 is 1.05 bits per heavy atom. The highest BCUT2D eigenvalue weighted by atomic mass is 35.5. The topological polar surface area (TPSA) is 6.48 Å². The van der Waals surface area contributed by atoms with Crippen LogP contribution >= 0.6 is 11.6 Å². The van der Waals surface area contributed by atoms with Crippen LogP contribution in [0.4, 0.5) is 5.69 Å². The summed E-state index contributed by atoms with van der Waals surface area (Å²) in [5.41, 5.74) is 1.30. The van der Waals surface area contributed by atoms with Crippen molar-refractivity contribution in [3.8, 4) is 0 Å². The van der Waals surface area contributed by atoms with Crippen LogP contribution in [-0.2, 0) is 0 Å². The predicted molar refractivity (Wildman–Crippen MR) is 87.9 cm³/mol. The van der Waals surface area contributed by atoms with Crippen LogP contribution < -0.4 is 4.90 Å². The van der Waals surface area contributed by atoms with Crippen LogP contribution in [0.3, 0.4) is 0 Å². The van der Waals surface area contributed by atoms with Crippen LogP contribution in [0.2, 0.25) is 5.02 Å². The highest BCUT2D eigenvalue weighted by molar-refractivity contribution is 6.31. The van der Waals surface area contributed by atoms with Crippen LogP contribution in [0, 0.1) is 0 Å². The molecule has 2 nitrogen and oxygen atoms in total. The van der Waals surface area contributed by atoms with Crippen LogP contribution in [0.25, 0.3) is 10.8 Å². The molecule has 0 atom stereocenters. The molecule has 0 unspecified atom stereocenters. The van der Waals surface area contributed by atoms with Crippen LogP contribution in [0.15, 0.2) is 36.4 Å². The van der Waals surface area contributed by atoms with E-state index in [4.69, 9.17) is 11.6 Å². The van der Waals surface area contributed by atoms with E-state index >= 15 is 0 Å². The highest BCUT2D eigenvalue weighted by Gasteiger charge is 2.20. The van der Waals surface area contributed by atoms with E-state index in [1.165, 1.54) is 42.4 Å². The fourth-order valence-corrected chi connectivity index (χ4v) is 3.20. The van der Waals surface area contributed by atoms with Crippen molar-refractivity contribution in [1.29, 1.82) is 0 Å². The molecule has 0 N–H and O–H groups in total. The predicted octanol–water partition coefficient (Wildman–Crippen LogP) is 4.02. The van der Waals surface area contributed by atoms with E-state index in [2.05, 4.69) is 48.2 Å². The molecule has 1 heterocycles. The summed E-state index contributed by atoms with van der Waals surface area (Å²) in [4.78, 5) is 4.84. The minimum atomic E-state index is 0.649. The van der Waals surface area contributed by atoms with Gasteiger partial charge < -0.3 is 9.80 Å². The van der Waals surface area contributed by atoms with Crippen LogP contribution in [0.1, 0.15) is 12.8 Å². The number of hydrogen-bond acceptors (Lipinski definition) is 2. The van der Waals surface area contributed by atoms with Crippen molar-refractivity contribution in [2.75, 3.05) is 32.1 Å².